The Hall–Kier alpha value is -4.14. The molecule has 176 valence electrons. The van der Waals surface area contributed by atoms with Gasteiger partial charge in [0.2, 0.25) is 17.8 Å². The van der Waals surface area contributed by atoms with Gasteiger partial charge in [-0.2, -0.15) is 20.1 Å². The lowest BCUT2D eigenvalue weighted by Gasteiger charge is -2.26. The zero-order valence-corrected chi connectivity index (χ0v) is 19.3. The molecule has 1 aliphatic heterocycles. The summed E-state index contributed by atoms with van der Waals surface area (Å²) in [5.74, 6) is 2.73. The topological polar surface area (TPSA) is 96.8 Å². The van der Waals surface area contributed by atoms with E-state index in [4.69, 9.17) is 9.47 Å². The highest BCUT2D eigenvalue weighted by molar-refractivity contribution is 5.81. The number of piperidine rings is 1. The Morgan fingerprint density at radius 2 is 1.79 bits per heavy atom. The summed E-state index contributed by atoms with van der Waals surface area (Å²) in [6.45, 7) is 5.93. The number of ether oxygens (including phenoxy) is 2. The van der Waals surface area contributed by atoms with Gasteiger partial charge in [-0.05, 0) is 55.2 Å². The van der Waals surface area contributed by atoms with Crippen LogP contribution in [0.2, 0.25) is 0 Å². The molecule has 2 aromatic carbocycles. The maximum Gasteiger partial charge on any atom is 0.250 e. The molecule has 0 saturated carbocycles. The third-order valence-electron chi connectivity index (χ3n) is 5.21. The number of nitrogens with zero attached hydrogens (tertiary/aromatic N) is 5. The molecule has 0 atom stereocenters. The van der Waals surface area contributed by atoms with Crippen LogP contribution in [0.15, 0.2) is 66.3 Å². The van der Waals surface area contributed by atoms with Crippen LogP contribution in [0.5, 0.6) is 11.5 Å². The average molecular weight is 460 g/mol. The van der Waals surface area contributed by atoms with E-state index in [1.54, 1.807) is 19.4 Å². The maximum absolute atomic E-state index is 5.60. The summed E-state index contributed by atoms with van der Waals surface area (Å²) in [6.07, 6.45) is 6.85. The Kier molecular flexibility index (Phi) is 7.89. The van der Waals surface area contributed by atoms with Crippen molar-refractivity contribution in [2.75, 3.05) is 42.4 Å². The molecule has 0 spiro atoms. The highest BCUT2D eigenvalue weighted by atomic mass is 16.5. The zero-order chi connectivity index (χ0) is 23.6. The van der Waals surface area contributed by atoms with Crippen LogP contribution < -0.4 is 25.1 Å². The Morgan fingerprint density at radius 3 is 2.56 bits per heavy atom. The Labute approximate surface area is 199 Å². The summed E-state index contributed by atoms with van der Waals surface area (Å²) in [5.41, 5.74) is 4.68. The van der Waals surface area contributed by atoms with Crippen LogP contribution >= 0.6 is 0 Å². The largest absolute Gasteiger partial charge is 0.493 e. The van der Waals surface area contributed by atoms with Crippen molar-refractivity contribution in [1.29, 1.82) is 0 Å². The zero-order valence-electron chi connectivity index (χ0n) is 19.3. The third kappa shape index (κ3) is 6.22. The highest BCUT2D eigenvalue weighted by Gasteiger charge is 2.16. The van der Waals surface area contributed by atoms with Gasteiger partial charge in [0.1, 0.15) is 6.61 Å². The molecule has 0 bridgehead atoms. The van der Waals surface area contributed by atoms with Gasteiger partial charge in [0.25, 0.3) is 0 Å². The van der Waals surface area contributed by atoms with Gasteiger partial charge in [0.05, 0.1) is 13.3 Å². The first-order valence-electron chi connectivity index (χ1n) is 11.3. The fourth-order valence-electron chi connectivity index (χ4n) is 3.55. The van der Waals surface area contributed by atoms with E-state index in [2.05, 4.69) is 42.3 Å². The number of hydrogen-bond acceptors (Lipinski definition) is 9. The second kappa shape index (κ2) is 11.6. The second-order valence-electron chi connectivity index (χ2n) is 7.70. The van der Waals surface area contributed by atoms with Crippen molar-refractivity contribution in [2.45, 2.75) is 19.3 Å². The van der Waals surface area contributed by atoms with E-state index < -0.39 is 0 Å². The Balaban J connectivity index is 1.52. The van der Waals surface area contributed by atoms with Crippen molar-refractivity contribution >= 4 is 29.7 Å². The standard InChI is InChI=1S/C25H29N7O2/c1-3-16-34-21-13-12-19(17-22(21)33-2)18-26-31-24-28-23(27-20-10-6-4-7-11-20)29-25(30-24)32-14-8-5-9-15-32/h3-4,6-7,10-13,17-18H,1,5,8-9,14-16H2,2H3,(H2,27,28,29,30,31)/b26-18-. The summed E-state index contributed by atoms with van der Waals surface area (Å²) in [4.78, 5) is 15.9. The molecule has 9 heteroatoms. The minimum atomic E-state index is 0.364. The van der Waals surface area contributed by atoms with E-state index in [-0.39, 0.29) is 0 Å². The Morgan fingerprint density at radius 1 is 1.00 bits per heavy atom. The van der Waals surface area contributed by atoms with E-state index in [0.717, 1.165) is 37.2 Å². The molecule has 1 aliphatic rings. The molecule has 0 unspecified atom stereocenters. The van der Waals surface area contributed by atoms with Crippen molar-refractivity contribution in [3.8, 4) is 11.5 Å². The molecule has 1 saturated heterocycles. The highest BCUT2D eigenvalue weighted by Crippen LogP contribution is 2.27. The number of anilines is 4. The van der Waals surface area contributed by atoms with Crippen molar-refractivity contribution < 1.29 is 9.47 Å². The van der Waals surface area contributed by atoms with Crippen LogP contribution in [0.25, 0.3) is 0 Å². The summed E-state index contributed by atoms with van der Waals surface area (Å²) in [7, 11) is 1.60. The molecule has 0 radical (unpaired) electrons. The minimum Gasteiger partial charge on any atom is -0.493 e. The minimum absolute atomic E-state index is 0.364. The normalized spacial score (nSPS) is 13.5. The predicted molar refractivity (Wildman–Crippen MR) is 136 cm³/mol. The van der Waals surface area contributed by atoms with Gasteiger partial charge >= 0.3 is 0 Å². The van der Waals surface area contributed by atoms with Crippen molar-refractivity contribution in [2.24, 2.45) is 5.10 Å². The molecule has 34 heavy (non-hydrogen) atoms. The smallest absolute Gasteiger partial charge is 0.250 e. The summed E-state index contributed by atoms with van der Waals surface area (Å²) in [5, 5.41) is 7.58. The van der Waals surface area contributed by atoms with Gasteiger partial charge in [-0.15, -0.1) is 0 Å². The van der Waals surface area contributed by atoms with Crippen molar-refractivity contribution in [1.82, 2.24) is 15.0 Å². The van der Waals surface area contributed by atoms with Crippen LogP contribution in [-0.2, 0) is 0 Å². The average Bonchev–Trinajstić information content (AvgIpc) is 2.89. The molecule has 1 aromatic heterocycles. The number of para-hydroxylation sites is 1. The van der Waals surface area contributed by atoms with E-state index >= 15 is 0 Å². The van der Waals surface area contributed by atoms with Crippen LogP contribution in [0.1, 0.15) is 24.8 Å². The lowest BCUT2D eigenvalue weighted by Crippen LogP contribution is -2.31. The first kappa shape index (κ1) is 23.0. The maximum atomic E-state index is 5.60. The molecule has 4 rings (SSSR count). The monoisotopic (exact) mass is 459 g/mol. The van der Waals surface area contributed by atoms with Gasteiger partial charge in [-0.1, -0.05) is 30.9 Å². The second-order valence-corrected chi connectivity index (χ2v) is 7.70. The van der Waals surface area contributed by atoms with E-state index in [9.17, 15) is 0 Å². The summed E-state index contributed by atoms with van der Waals surface area (Å²) < 4.78 is 11.0. The van der Waals surface area contributed by atoms with Crippen molar-refractivity contribution in [3.63, 3.8) is 0 Å². The molecule has 2 N–H and O–H groups in total. The van der Waals surface area contributed by atoms with Gasteiger partial charge in [-0.25, -0.2) is 5.43 Å². The number of hydrazone groups is 1. The first-order chi connectivity index (χ1) is 16.7. The lowest BCUT2D eigenvalue weighted by molar-refractivity contribution is 0.326. The summed E-state index contributed by atoms with van der Waals surface area (Å²) in [6, 6.07) is 15.4. The molecule has 0 amide bonds. The van der Waals surface area contributed by atoms with Crippen molar-refractivity contribution in [3.05, 3.63) is 66.7 Å². The van der Waals surface area contributed by atoms with Crippen LogP contribution in [0.4, 0.5) is 23.5 Å². The SMILES string of the molecule is C=CCOc1ccc(/C=N\Nc2nc(Nc3ccccc3)nc(N3CCCCC3)n2)cc1OC. The molecule has 3 aromatic rings. The van der Waals surface area contributed by atoms with Gasteiger partial charge in [0.15, 0.2) is 11.5 Å². The number of rotatable bonds is 10. The van der Waals surface area contributed by atoms with Gasteiger partial charge < -0.3 is 19.7 Å². The van der Waals surface area contributed by atoms with Gasteiger partial charge in [0, 0.05) is 18.8 Å². The number of nitrogens with one attached hydrogen (secondary N) is 2. The molecule has 0 aliphatic carbocycles. The van der Waals surface area contributed by atoms with Crippen LogP contribution in [0, 0.1) is 0 Å². The van der Waals surface area contributed by atoms with E-state index in [1.807, 2.05) is 48.5 Å². The number of benzene rings is 2. The number of hydrogen-bond donors (Lipinski definition) is 2. The number of methoxy groups -OCH3 is 1. The Bertz CT molecular complexity index is 1120. The fraction of sp³-hybridized carbons (Fsp3) is 0.280. The molecular weight excluding hydrogens is 430 g/mol. The lowest BCUT2D eigenvalue weighted by atomic mass is 10.1. The third-order valence-corrected chi connectivity index (χ3v) is 5.21. The predicted octanol–water partition coefficient (Wildman–Crippen LogP) is 4.62. The number of aromatic nitrogens is 3. The van der Waals surface area contributed by atoms with E-state index in [0.29, 0.717) is 36.0 Å². The van der Waals surface area contributed by atoms with Crippen LogP contribution in [-0.4, -0.2) is 48.0 Å². The first-order valence-corrected chi connectivity index (χ1v) is 11.3. The summed E-state index contributed by atoms with van der Waals surface area (Å²) >= 11 is 0. The molecular formula is C25H29N7O2. The molecule has 1 fully saturated rings. The van der Waals surface area contributed by atoms with Crippen LogP contribution in [0.3, 0.4) is 0 Å². The molecule has 9 nitrogen and oxygen atoms in total. The van der Waals surface area contributed by atoms with E-state index in [1.165, 1.54) is 6.42 Å². The fourth-order valence-corrected chi connectivity index (χ4v) is 3.55. The molecule has 2 heterocycles. The van der Waals surface area contributed by atoms with Gasteiger partial charge in [-0.3, -0.25) is 0 Å². The quantitative estimate of drug-likeness (QED) is 0.257.